The molecule has 1 atom stereocenters. The molecule has 1 heterocycles. The van der Waals surface area contributed by atoms with Gasteiger partial charge in [0.2, 0.25) is 0 Å². The topological polar surface area (TPSA) is 43.8 Å². The number of aromatic nitrogens is 2. The lowest BCUT2D eigenvalue weighted by Gasteiger charge is -2.15. The van der Waals surface area contributed by atoms with E-state index >= 15 is 0 Å². The molecular weight excluding hydrogens is 326 g/mol. The maximum absolute atomic E-state index is 6.41. The van der Waals surface area contributed by atoms with Crippen LogP contribution in [0.4, 0.5) is 0 Å². The summed E-state index contributed by atoms with van der Waals surface area (Å²) in [4.78, 5) is 4.78. The van der Waals surface area contributed by atoms with Crippen molar-refractivity contribution in [2.75, 3.05) is 12.0 Å². The number of imidazole rings is 1. The van der Waals surface area contributed by atoms with Gasteiger partial charge in [0.05, 0.1) is 23.6 Å². The first-order valence-electron chi connectivity index (χ1n) is 7.64. The lowest BCUT2D eigenvalue weighted by molar-refractivity contribution is 0.609. The SMILES string of the molecule is CSCCC(N)c1nc2ccccc2n1Cc1ccccc1Cl. The van der Waals surface area contributed by atoms with Crippen molar-refractivity contribution in [1.29, 1.82) is 0 Å². The molecule has 0 saturated heterocycles. The van der Waals surface area contributed by atoms with Gasteiger partial charge in [-0.25, -0.2) is 4.98 Å². The zero-order chi connectivity index (χ0) is 16.2. The summed E-state index contributed by atoms with van der Waals surface area (Å²) in [5.74, 6) is 1.95. The van der Waals surface area contributed by atoms with Crippen LogP contribution in [0.15, 0.2) is 48.5 Å². The summed E-state index contributed by atoms with van der Waals surface area (Å²) >= 11 is 8.15. The number of halogens is 1. The molecule has 2 aromatic carbocycles. The molecule has 0 saturated carbocycles. The maximum atomic E-state index is 6.41. The van der Waals surface area contributed by atoms with E-state index in [1.54, 1.807) is 11.8 Å². The molecule has 0 fully saturated rings. The average molecular weight is 346 g/mol. The van der Waals surface area contributed by atoms with Crippen LogP contribution in [0.2, 0.25) is 5.02 Å². The van der Waals surface area contributed by atoms with E-state index < -0.39 is 0 Å². The van der Waals surface area contributed by atoms with E-state index in [0.717, 1.165) is 39.6 Å². The van der Waals surface area contributed by atoms with E-state index in [4.69, 9.17) is 22.3 Å². The van der Waals surface area contributed by atoms with Crippen LogP contribution in [-0.2, 0) is 6.54 Å². The summed E-state index contributed by atoms with van der Waals surface area (Å²) in [5.41, 5.74) is 9.57. The van der Waals surface area contributed by atoms with Crippen molar-refractivity contribution in [3.05, 3.63) is 64.9 Å². The number of nitrogens with zero attached hydrogens (tertiary/aromatic N) is 2. The third-order valence-electron chi connectivity index (χ3n) is 3.93. The molecule has 3 nitrogen and oxygen atoms in total. The number of hydrogen-bond donors (Lipinski definition) is 1. The van der Waals surface area contributed by atoms with E-state index in [2.05, 4.69) is 16.9 Å². The van der Waals surface area contributed by atoms with Crippen molar-refractivity contribution in [1.82, 2.24) is 9.55 Å². The van der Waals surface area contributed by atoms with Crippen molar-refractivity contribution in [2.45, 2.75) is 19.0 Å². The molecule has 0 bridgehead atoms. The Labute approximate surface area is 145 Å². The molecule has 23 heavy (non-hydrogen) atoms. The third-order valence-corrected chi connectivity index (χ3v) is 4.95. The van der Waals surface area contributed by atoms with Gasteiger partial charge in [-0.15, -0.1) is 0 Å². The van der Waals surface area contributed by atoms with Crippen molar-refractivity contribution >= 4 is 34.4 Å². The molecule has 120 valence electrons. The Morgan fingerprint density at radius 2 is 1.91 bits per heavy atom. The molecule has 1 unspecified atom stereocenters. The second kappa shape index (κ2) is 7.39. The van der Waals surface area contributed by atoms with Gasteiger partial charge < -0.3 is 10.3 Å². The van der Waals surface area contributed by atoms with Gasteiger partial charge in [0.25, 0.3) is 0 Å². The predicted octanol–water partition coefficient (Wildman–Crippen LogP) is 4.49. The lowest BCUT2D eigenvalue weighted by Crippen LogP contribution is -2.18. The highest BCUT2D eigenvalue weighted by Gasteiger charge is 2.17. The molecule has 3 aromatic rings. The number of rotatable bonds is 6. The van der Waals surface area contributed by atoms with Crippen LogP contribution in [0.1, 0.15) is 23.9 Å². The van der Waals surface area contributed by atoms with Gasteiger partial charge in [0, 0.05) is 5.02 Å². The predicted molar refractivity (Wildman–Crippen MR) is 100 cm³/mol. The monoisotopic (exact) mass is 345 g/mol. The molecule has 0 amide bonds. The highest BCUT2D eigenvalue weighted by atomic mass is 35.5. The van der Waals surface area contributed by atoms with Crippen LogP contribution in [0.25, 0.3) is 11.0 Å². The van der Waals surface area contributed by atoms with Gasteiger partial charge >= 0.3 is 0 Å². The van der Waals surface area contributed by atoms with E-state index in [1.807, 2.05) is 42.5 Å². The first-order chi connectivity index (χ1) is 11.2. The third kappa shape index (κ3) is 3.55. The highest BCUT2D eigenvalue weighted by Crippen LogP contribution is 2.25. The first-order valence-corrected chi connectivity index (χ1v) is 9.41. The van der Waals surface area contributed by atoms with Crippen molar-refractivity contribution < 1.29 is 0 Å². The average Bonchev–Trinajstić information content (AvgIpc) is 2.93. The Balaban J connectivity index is 2.04. The quantitative estimate of drug-likeness (QED) is 0.715. The summed E-state index contributed by atoms with van der Waals surface area (Å²) in [5, 5.41) is 0.772. The summed E-state index contributed by atoms with van der Waals surface area (Å²) in [6.45, 7) is 0.683. The van der Waals surface area contributed by atoms with Crippen molar-refractivity contribution in [2.24, 2.45) is 5.73 Å². The Morgan fingerprint density at radius 1 is 1.17 bits per heavy atom. The molecule has 0 aliphatic carbocycles. The molecule has 5 heteroatoms. The van der Waals surface area contributed by atoms with Crippen LogP contribution >= 0.6 is 23.4 Å². The van der Waals surface area contributed by atoms with Crippen LogP contribution < -0.4 is 5.73 Å². The Hall–Kier alpha value is -1.49. The fourth-order valence-corrected chi connectivity index (χ4v) is 3.40. The number of hydrogen-bond acceptors (Lipinski definition) is 3. The number of fused-ring (bicyclic) bond motifs is 1. The number of para-hydroxylation sites is 2. The largest absolute Gasteiger partial charge is 0.322 e. The molecular formula is C18H20ClN3S. The molecule has 3 rings (SSSR count). The molecule has 0 spiro atoms. The highest BCUT2D eigenvalue weighted by molar-refractivity contribution is 7.98. The molecule has 1 aromatic heterocycles. The van der Waals surface area contributed by atoms with Gasteiger partial charge in [0.15, 0.2) is 0 Å². The van der Waals surface area contributed by atoms with Crippen LogP contribution in [0.3, 0.4) is 0 Å². The minimum absolute atomic E-state index is 0.0719. The first kappa shape index (κ1) is 16.4. The van der Waals surface area contributed by atoms with Gasteiger partial charge in [-0.2, -0.15) is 11.8 Å². The van der Waals surface area contributed by atoms with Crippen LogP contribution in [-0.4, -0.2) is 21.6 Å². The summed E-state index contributed by atoms with van der Waals surface area (Å²) in [7, 11) is 0. The Kier molecular flexibility index (Phi) is 5.26. The van der Waals surface area contributed by atoms with Gasteiger partial charge in [-0.05, 0) is 42.2 Å². The normalized spacial score (nSPS) is 12.7. The number of benzene rings is 2. The lowest BCUT2D eigenvalue weighted by atomic mass is 10.2. The molecule has 0 aliphatic heterocycles. The Bertz CT molecular complexity index is 800. The number of thioether (sulfide) groups is 1. The Morgan fingerprint density at radius 3 is 2.70 bits per heavy atom. The zero-order valence-corrected chi connectivity index (χ0v) is 14.6. The fraction of sp³-hybridized carbons (Fsp3) is 0.278. The van der Waals surface area contributed by atoms with E-state index in [9.17, 15) is 0 Å². The zero-order valence-electron chi connectivity index (χ0n) is 13.1. The molecule has 0 aliphatic rings. The fourth-order valence-electron chi connectivity index (χ4n) is 2.71. The minimum Gasteiger partial charge on any atom is -0.322 e. The van der Waals surface area contributed by atoms with E-state index in [-0.39, 0.29) is 6.04 Å². The summed E-state index contributed by atoms with van der Waals surface area (Å²) in [6, 6.07) is 16.0. The summed E-state index contributed by atoms with van der Waals surface area (Å²) < 4.78 is 2.20. The minimum atomic E-state index is -0.0719. The van der Waals surface area contributed by atoms with E-state index in [0.29, 0.717) is 6.54 Å². The van der Waals surface area contributed by atoms with Crippen LogP contribution in [0.5, 0.6) is 0 Å². The maximum Gasteiger partial charge on any atom is 0.127 e. The molecule has 2 N–H and O–H groups in total. The molecule has 0 radical (unpaired) electrons. The van der Waals surface area contributed by atoms with Crippen molar-refractivity contribution in [3.63, 3.8) is 0 Å². The van der Waals surface area contributed by atoms with Gasteiger partial charge in [-0.1, -0.05) is 41.9 Å². The van der Waals surface area contributed by atoms with Gasteiger partial charge in [0.1, 0.15) is 5.82 Å². The second-order valence-corrected chi connectivity index (χ2v) is 6.92. The second-order valence-electron chi connectivity index (χ2n) is 5.52. The standard InChI is InChI=1S/C18H20ClN3S/c1-23-11-10-15(20)18-21-16-8-4-5-9-17(16)22(18)12-13-6-2-3-7-14(13)19/h2-9,15H,10-12,20H2,1H3. The number of nitrogens with two attached hydrogens (primary N) is 1. The summed E-state index contributed by atoms with van der Waals surface area (Å²) in [6.07, 6.45) is 3.01. The van der Waals surface area contributed by atoms with Gasteiger partial charge in [-0.3, -0.25) is 0 Å². The van der Waals surface area contributed by atoms with Crippen LogP contribution in [0, 0.1) is 0 Å². The van der Waals surface area contributed by atoms with E-state index in [1.165, 1.54) is 0 Å². The van der Waals surface area contributed by atoms with Crippen molar-refractivity contribution in [3.8, 4) is 0 Å². The smallest absolute Gasteiger partial charge is 0.127 e.